The fourth-order valence-electron chi connectivity index (χ4n) is 3.60. The minimum atomic E-state index is -3.45. The Morgan fingerprint density at radius 1 is 1.04 bits per heavy atom. The summed E-state index contributed by atoms with van der Waals surface area (Å²) >= 11 is 6.11. The van der Waals surface area contributed by atoms with Crippen LogP contribution in [0.1, 0.15) is 30.4 Å². The van der Waals surface area contributed by atoms with E-state index < -0.39 is 10.0 Å². The van der Waals surface area contributed by atoms with Crippen molar-refractivity contribution in [2.45, 2.75) is 38.0 Å². The molecule has 1 aliphatic heterocycles. The first-order valence-corrected chi connectivity index (χ1v) is 10.3. The third-order valence-electron chi connectivity index (χ3n) is 5.11. The second-order valence-corrected chi connectivity index (χ2v) is 9.09. The van der Waals surface area contributed by atoms with Crippen LogP contribution in [0, 0.1) is 25.7 Å². The van der Waals surface area contributed by atoms with Crippen molar-refractivity contribution in [2.75, 3.05) is 13.1 Å². The fourth-order valence-corrected chi connectivity index (χ4v) is 5.58. The fraction of sp³-hybridized carbons (Fsp3) is 0.474. The highest BCUT2D eigenvalue weighted by molar-refractivity contribution is 7.89. The van der Waals surface area contributed by atoms with Gasteiger partial charge in [0.25, 0.3) is 0 Å². The number of halogens is 1. The van der Waals surface area contributed by atoms with Crippen LogP contribution in [0.2, 0.25) is 5.02 Å². The van der Waals surface area contributed by atoms with Gasteiger partial charge in [0, 0.05) is 18.1 Å². The molecule has 1 aliphatic carbocycles. The second-order valence-electron chi connectivity index (χ2n) is 6.78. The number of rotatable bonds is 3. The quantitative estimate of drug-likeness (QED) is 0.740. The standard InChI is InChI=1S/C19H24ClNO2S/c1-14-13-19(15(2)12-18(14)20)24(22,23)21-10-8-17(9-11-21)16-6-4-3-5-7-16/h4-7,12-13,16-17H,3,8-11H2,1-2H3. The van der Waals surface area contributed by atoms with Crippen LogP contribution in [0.4, 0.5) is 0 Å². The molecule has 130 valence electrons. The van der Waals surface area contributed by atoms with Gasteiger partial charge in [0.2, 0.25) is 10.0 Å². The van der Waals surface area contributed by atoms with Crippen LogP contribution in [0.15, 0.2) is 41.3 Å². The average Bonchev–Trinajstić information content (AvgIpc) is 2.59. The highest BCUT2D eigenvalue weighted by Crippen LogP contribution is 2.33. The Bertz CT molecular complexity index is 763. The lowest BCUT2D eigenvalue weighted by molar-refractivity contribution is 0.249. The van der Waals surface area contributed by atoms with Crippen molar-refractivity contribution in [1.82, 2.24) is 4.31 Å². The second kappa shape index (κ2) is 7.03. The predicted molar refractivity (Wildman–Crippen MR) is 98.8 cm³/mol. The van der Waals surface area contributed by atoms with Gasteiger partial charge in [0.15, 0.2) is 0 Å². The maximum atomic E-state index is 13.0. The van der Waals surface area contributed by atoms with Crippen LogP contribution >= 0.6 is 11.6 Å². The normalized spacial score (nSPS) is 20.6. The molecular formula is C19H24ClNO2S. The molecule has 1 heterocycles. The Morgan fingerprint density at radius 3 is 2.29 bits per heavy atom. The Morgan fingerprint density at radius 2 is 1.67 bits per heavy atom. The van der Waals surface area contributed by atoms with Gasteiger partial charge in [-0.05, 0) is 68.2 Å². The number of sulfonamides is 1. The van der Waals surface area contributed by atoms with Gasteiger partial charge >= 0.3 is 0 Å². The van der Waals surface area contributed by atoms with E-state index >= 15 is 0 Å². The summed E-state index contributed by atoms with van der Waals surface area (Å²) in [5.74, 6) is 1.00. The number of aryl methyl sites for hydroxylation is 2. The van der Waals surface area contributed by atoms with Crippen molar-refractivity contribution < 1.29 is 8.42 Å². The smallest absolute Gasteiger partial charge is 0.207 e. The first-order chi connectivity index (χ1) is 11.4. The SMILES string of the molecule is Cc1cc(S(=O)(=O)N2CCC(C3C=CCC=C3)CC2)c(C)cc1Cl. The average molecular weight is 366 g/mol. The molecule has 0 unspecified atom stereocenters. The van der Waals surface area contributed by atoms with Crippen molar-refractivity contribution in [3.63, 3.8) is 0 Å². The minimum Gasteiger partial charge on any atom is -0.207 e. The molecule has 1 fully saturated rings. The van der Waals surface area contributed by atoms with E-state index in [1.54, 1.807) is 16.4 Å². The van der Waals surface area contributed by atoms with Gasteiger partial charge in [-0.1, -0.05) is 35.9 Å². The zero-order chi connectivity index (χ0) is 17.3. The zero-order valence-electron chi connectivity index (χ0n) is 14.2. The van der Waals surface area contributed by atoms with Crippen molar-refractivity contribution in [1.29, 1.82) is 0 Å². The lowest BCUT2D eigenvalue weighted by Gasteiger charge is -2.34. The number of benzene rings is 1. The Hall–Kier alpha value is -1.10. The summed E-state index contributed by atoms with van der Waals surface area (Å²) in [4.78, 5) is 0.389. The molecule has 1 aromatic rings. The van der Waals surface area contributed by atoms with Crippen molar-refractivity contribution in [3.05, 3.63) is 52.6 Å². The lowest BCUT2D eigenvalue weighted by Crippen LogP contribution is -2.40. The van der Waals surface area contributed by atoms with E-state index in [1.807, 2.05) is 13.8 Å². The molecule has 0 amide bonds. The summed E-state index contributed by atoms with van der Waals surface area (Å²) in [6.07, 6.45) is 11.8. The zero-order valence-corrected chi connectivity index (χ0v) is 15.8. The molecule has 5 heteroatoms. The predicted octanol–water partition coefficient (Wildman–Crippen LogP) is 4.49. The molecule has 1 aromatic carbocycles. The molecule has 0 bridgehead atoms. The maximum Gasteiger partial charge on any atom is 0.243 e. The molecule has 24 heavy (non-hydrogen) atoms. The van der Waals surface area contributed by atoms with Gasteiger partial charge in [-0.15, -0.1) is 0 Å². The molecule has 0 radical (unpaired) electrons. The molecule has 0 spiro atoms. The van der Waals surface area contributed by atoms with Gasteiger partial charge in [0.1, 0.15) is 0 Å². The van der Waals surface area contributed by atoms with E-state index in [9.17, 15) is 8.42 Å². The summed E-state index contributed by atoms with van der Waals surface area (Å²) in [5.41, 5.74) is 1.51. The number of hydrogen-bond acceptors (Lipinski definition) is 2. The lowest BCUT2D eigenvalue weighted by atomic mass is 9.83. The van der Waals surface area contributed by atoms with Crippen LogP contribution in [0.25, 0.3) is 0 Å². The highest BCUT2D eigenvalue weighted by Gasteiger charge is 2.32. The van der Waals surface area contributed by atoms with Crippen LogP contribution < -0.4 is 0 Å². The number of nitrogens with zero attached hydrogens (tertiary/aromatic N) is 1. The largest absolute Gasteiger partial charge is 0.243 e. The summed E-state index contributed by atoms with van der Waals surface area (Å²) < 4.78 is 27.7. The van der Waals surface area contributed by atoms with E-state index in [0.717, 1.165) is 24.8 Å². The Labute approximate surface area is 150 Å². The number of piperidine rings is 1. The van der Waals surface area contributed by atoms with E-state index in [1.165, 1.54) is 0 Å². The number of hydrogen-bond donors (Lipinski definition) is 0. The van der Waals surface area contributed by atoms with E-state index in [2.05, 4.69) is 24.3 Å². The van der Waals surface area contributed by atoms with Gasteiger partial charge in [-0.3, -0.25) is 0 Å². The van der Waals surface area contributed by atoms with Crippen LogP contribution in [0.3, 0.4) is 0 Å². The highest BCUT2D eigenvalue weighted by atomic mass is 35.5. The molecule has 1 saturated heterocycles. The molecule has 0 N–H and O–H groups in total. The van der Waals surface area contributed by atoms with Crippen molar-refractivity contribution in [2.24, 2.45) is 11.8 Å². The molecule has 3 rings (SSSR count). The van der Waals surface area contributed by atoms with E-state index in [0.29, 0.717) is 40.4 Å². The minimum absolute atomic E-state index is 0.389. The van der Waals surface area contributed by atoms with Crippen molar-refractivity contribution >= 4 is 21.6 Å². The summed E-state index contributed by atoms with van der Waals surface area (Å²) in [7, 11) is -3.45. The number of allylic oxidation sites excluding steroid dienone is 4. The van der Waals surface area contributed by atoms with Gasteiger partial charge in [0.05, 0.1) is 4.90 Å². The van der Waals surface area contributed by atoms with Crippen LogP contribution in [-0.2, 0) is 10.0 Å². The maximum absolute atomic E-state index is 13.0. The molecule has 3 nitrogen and oxygen atoms in total. The molecule has 0 atom stereocenters. The molecule has 0 saturated carbocycles. The summed E-state index contributed by atoms with van der Waals surface area (Å²) in [5, 5.41) is 0.612. The van der Waals surface area contributed by atoms with Gasteiger partial charge in [-0.2, -0.15) is 4.31 Å². The van der Waals surface area contributed by atoms with Crippen LogP contribution in [-0.4, -0.2) is 25.8 Å². The summed E-state index contributed by atoms with van der Waals surface area (Å²) in [6, 6.07) is 3.44. The first kappa shape index (κ1) is 17.7. The topological polar surface area (TPSA) is 37.4 Å². The molecule has 2 aliphatic rings. The van der Waals surface area contributed by atoms with Gasteiger partial charge < -0.3 is 0 Å². The van der Waals surface area contributed by atoms with E-state index in [-0.39, 0.29) is 0 Å². The van der Waals surface area contributed by atoms with E-state index in [4.69, 9.17) is 11.6 Å². The Balaban J connectivity index is 1.75. The first-order valence-electron chi connectivity index (χ1n) is 8.50. The van der Waals surface area contributed by atoms with Crippen molar-refractivity contribution in [3.8, 4) is 0 Å². The monoisotopic (exact) mass is 365 g/mol. The summed E-state index contributed by atoms with van der Waals surface area (Å²) in [6.45, 7) is 4.83. The Kier molecular flexibility index (Phi) is 5.19. The van der Waals surface area contributed by atoms with Gasteiger partial charge in [-0.25, -0.2) is 8.42 Å². The molecular weight excluding hydrogens is 342 g/mol. The van der Waals surface area contributed by atoms with Crippen LogP contribution in [0.5, 0.6) is 0 Å². The molecule has 0 aromatic heterocycles. The third-order valence-corrected chi connectivity index (χ3v) is 7.55. The third kappa shape index (κ3) is 3.46.